The minimum Gasteiger partial charge on any atom is -0.397 e. The van der Waals surface area contributed by atoms with Gasteiger partial charge in [0.05, 0.1) is 17.6 Å². The monoisotopic (exact) mass is 245 g/mol. The lowest BCUT2D eigenvalue weighted by Gasteiger charge is -2.26. The van der Waals surface area contributed by atoms with Gasteiger partial charge < -0.3 is 5.73 Å². The molecule has 0 saturated carbocycles. The standard InChI is InChI=1S/C13H15N3S/c14-11-1-2-12(15-7-11)9-16-5-3-13-10(8-16)4-6-17-13/h1-2,4,6-7H,3,5,8-9,14H2. The summed E-state index contributed by atoms with van der Waals surface area (Å²) in [5.41, 5.74) is 8.94. The van der Waals surface area contributed by atoms with E-state index in [1.807, 2.05) is 23.5 Å². The van der Waals surface area contributed by atoms with E-state index in [-0.39, 0.29) is 0 Å². The number of hydrogen-bond donors (Lipinski definition) is 1. The summed E-state index contributed by atoms with van der Waals surface area (Å²) in [5.74, 6) is 0. The summed E-state index contributed by atoms with van der Waals surface area (Å²) < 4.78 is 0. The number of nitrogens with two attached hydrogens (primary N) is 1. The molecular formula is C13H15N3S. The van der Waals surface area contributed by atoms with Crippen LogP contribution in [-0.2, 0) is 19.5 Å². The van der Waals surface area contributed by atoms with Crippen molar-refractivity contribution in [3.63, 3.8) is 0 Å². The molecule has 88 valence electrons. The van der Waals surface area contributed by atoms with Crippen molar-refractivity contribution >= 4 is 17.0 Å². The number of aromatic nitrogens is 1. The van der Waals surface area contributed by atoms with Gasteiger partial charge in [-0.15, -0.1) is 11.3 Å². The van der Waals surface area contributed by atoms with Crippen LogP contribution in [0.1, 0.15) is 16.1 Å². The Kier molecular flexibility index (Phi) is 2.82. The lowest BCUT2D eigenvalue weighted by atomic mass is 10.1. The summed E-state index contributed by atoms with van der Waals surface area (Å²) in [7, 11) is 0. The minimum atomic E-state index is 0.729. The predicted octanol–water partition coefficient (Wildman–Crippen LogP) is 2.28. The van der Waals surface area contributed by atoms with Crippen molar-refractivity contribution in [1.82, 2.24) is 9.88 Å². The summed E-state index contributed by atoms with van der Waals surface area (Å²) in [4.78, 5) is 8.34. The SMILES string of the molecule is Nc1ccc(CN2CCc3sccc3C2)nc1. The van der Waals surface area contributed by atoms with E-state index in [1.165, 1.54) is 12.0 Å². The Hall–Kier alpha value is -1.39. The van der Waals surface area contributed by atoms with Crippen LogP contribution in [0.4, 0.5) is 5.69 Å². The molecule has 0 bridgehead atoms. The van der Waals surface area contributed by atoms with E-state index in [2.05, 4.69) is 21.3 Å². The fourth-order valence-electron chi connectivity index (χ4n) is 2.20. The maximum atomic E-state index is 5.63. The normalized spacial score (nSPS) is 15.8. The molecule has 2 aromatic heterocycles. The van der Waals surface area contributed by atoms with Gasteiger partial charge in [0.1, 0.15) is 0 Å². The zero-order valence-corrected chi connectivity index (χ0v) is 10.4. The minimum absolute atomic E-state index is 0.729. The number of pyridine rings is 1. The van der Waals surface area contributed by atoms with Crippen LogP contribution in [0.5, 0.6) is 0 Å². The fourth-order valence-corrected chi connectivity index (χ4v) is 3.09. The Morgan fingerprint density at radius 2 is 2.29 bits per heavy atom. The highest BCUT2D eigenvalue weighted by Gasteiger charge is 2.17. The van der Waals surface area contributed by atoms with Crippen molar-refractivity contribution in [2.75, 3.05) is 12.3 Å². The second kappa shape index (κ2) is 4.47. The molecule has 1 aliphatic heterocycles. The molecule has 0 spiro atoms. The third kappa shape index (κ3) is 2.33. The van der Waals surface area contributed by atoms with Crippen molar-refractivity contribution in [3.05, 3.63) is 45.9 Å². The highest BCUT2D eigenvalue weighted by molar-refractivity contribution is 7.10. The smallest absolute Gasteiger partial charge is 0.0545 e. The number of nitrogen functional groups attached to an aromatic ring is 1. The second-order valence-electron chi connectivity index (χ2n) is 4.41. The van der Waals surface area contributed by atoms with E-state index >= 15 is 0 Å². The lowest BCUT2D eigenvalue weighted by molar-refractivity contribution is 0.244. The highest BCUT2D eigenvalue weighted by atomic mass is 32.1. The van der Waals surface area contributed by atoms with Gasteiger partial charge in [-0.2, -0.15) is 0 Å². The second-order valence-corrected chi connectivity index (χ2v) is 5.41. The van der Waals surface area contributed by atoms with Crippen molar-refractivity contribution in [2.24, 2.45) is 0 Å². The molecule has 0 saturated heterocycles. The maximum Gasteiger partial charge on any atom is 0.0545 e. The van der Waals surface area contributed by atoms with E-state index < -0.39 is 0 Å². The first kappa shape index (κ1) is 10.7. The van der Waals surface area contributed by atoms with Crippen molar-refractivity contribution in [1.29, 1.82) is 0 Å². The van der Waals surface area contributed by atoms with Gasteiger partial charge in [-0.05, 0) is 35.6 Å². The van der Waals surface area contributed by atoms with Crippen molar-refractivity contribution in [3.8, 4) is 0 Å². The predicted molar refractivity (Wildman–Crippen MR) is 70.8 cm³/mol. The molecule has 0 aromatic carbocycles. The quantitative estimate of drug-likeness (QED) is 0.882. The Bertz CT molecular complexity index is 504. The van der Waals surface area contributed by atoms with Crippen molar-refractivity contribution in [2.45, 2.75) is 19.5 Å². The lowest BCUT2D eigenvalue weighted by Crippen LogP contribution is -2.29. The van der Waals surface area contributed by atoms with Gasteiger partial charge in [0.2, 0.25) is 0 Å². The topological polar surface area (TPSA) is 42.1 Å². The largest absolute Gasteiger partial charge is 0.397 e. The number of hydrogen-bond acceptors (Lipinski definition) is 4. The third-order valence-corrected chi connectivity index (χ3v) is 4.14. The van der Waals surface area contributed by atoms with Crippen LogP contribution in [0.2, 0.25) is 0 Å². The summed E-state index contributed by atoms with van der Waals surface area (Å²) in [6.45, 7) is 3.08. The zero-order chi connectivity index (χ0) is 11.7. The highest BCUT2D eigenvalue weighted by Crippen LogP contribution is 2.24. The van der Waals surface area contributed by atoms with Crippen LogP contribution in [0.15, 0.2) is 29.8 Å². The molecule has 0 amide bonds. The summed E-state index contributed by atoms with van der Waals surface area (Å²) in [6.07, 6.45) is 2.90. The molecule has 0 aliphatic carbocycles. The molecule has 3 rings (SSSR count). The molecule has 0 radical (unpaired) electrons. The summed E-state index contributed by atoms with van der Waals surface area (Å²) >= 11 is 1.88. The van der Waals surface area contributed by atoms with Gasteiger partial charge >= 0.3 is 0 Å². The Labute approximate surface area is 105 Å². The molecular weight excluding hydrogens is 230 g/mol. The van der Waals surface area contributed by atoms with Crippen LogP contribution in [-0.4, -0.2) is 16.4 Å². The molecule has 3 heterocycles. The molecule has 4 heteroatoms. The molecule has 2 aromatic rings. The average Bonchev–Trinajstić information content (AvgIpc) is 2.79. The van der Waals surface area contributed by atoms with E-state index in [4.69, 9.17) is 5.73 Å². The van der Waals surface area contributed by atoms with Crippen LogP contribution >= 0.6 is 11.3 Å². The van der Waals surface area contributed by atoms with E-state index in [0.29, 0.717) is 0 Å². The third-order valence-electron chi connectivity index (χ3n) is 3.12. The Morgan fingerprint density at radius 1 is 1.35 bits per heavy atom. The van der Waals surface area contributed by atoms with Crippen LogP contribution in [0, 0.1) is 0 Å². The van der Waals surface area contributed by atoms with E-state index in [1.54, 1.807) is 11.1 Å². The number of fused-ring (bicyclic) bond motifs is 1. The number of thiophene rings is 1. The van der Waals surface area contributed by atoms with Crippen LogP contribution in [0.3, 0.4) is 0 Å². The van der Waals surface area contributed by atoms with Crippen LogP contribution in [0.25, 0.3) is 0 Å². The first-order chi connectivity index (χ1) is 8.31. The summed E-state index contributed by atoms with van der Waals surface area (Å²) in [5, 5.41) is 2.19. The molecule has 17 heavy (non-hydrogen) atoms. The van der Waals surface area contributed by atoms with E-state index in [0.717, 1.165) is 31.0 Å². The Morgan fingerprint density at radius 3 is 3.12 bits per heavy atom. The van der Waals surface area contributed by atoms with Gasteiger partial charge in [0.25, 0.3) is 0 Å². The van der Waals surface area contributed by atoms with Gasteiger partial charge in [-0.1, -0.05) is 0 Å². The van der Waals surface area contributed by atoms with Gasteiger partial charge in [-0.3, -0.25) is 9.88 Å². The fraction of sp³-hybridized carbons (Fsp3) is 0.308. The number of anilines is 1. The van der Waals surface area contributed by atoms with Crippen molar-refractivity contribution < 1.29 is 0 Å². The van der Waals surface area contributed by atoms with Gasteiger partial charge in [0, 0.05) is 24.5 Å². The van der Waals surface area contributed by atoms with Gasteiger partial charge in [0.15, 0.2) is 0 Å². The first-order valence-corrected chi connectivity index (χ1v) is 6.67. The zero-order valence-electron chi connectivity index (χ0n) is 9.60. The molecule has 3 nitrogen and oxygen atoms in total. The molecule has 0 fully saturated rings. The average molecular weight is 245 g/mol. The molecule has 1 aliphatic rings. The molecule has 0 atom stereocenters. The number of nitrogens with zero attached hydrogens (tertiary/aromatic N) is 2. The Balaban J connectivity index is 1.69. The molecule has 2 N–H and O–H groups in total. The first-order valence-electron chi connectivity index (χ1n) is 5.79. The number of rotatable bonds is 2. The van der Waals surface area contributed by atoms with Crippen LogP contribution < -0.4 is 5.73 Å². The maximum absolute atomic E-state index is 5.63. The van der Waals surface area contributed by atoms with Gasteiger partial charge in [-0.25, -0.2) is 0 Å². The summed E-state index contributed by atoms with van der Waals surface area (Å²) in [6, 6.07) is 6.17. The molecule has 0 unspecified atom stereocenters. The van der Waals surface area contributed by atoms with E-state index in [9.17, 15) is 0 Å².